The summed E-state index contributed by atoms with van der Waals surface area (Å²) in [5, 5.41) is 18.6. The average molecular weight is 300 g/mol. The van der Waals surface area contributed by atoms with E-state index in [0.29, 0.717) is 22.4 Å². The first-order valence-electron chi connectivity index (χ1n) is 5.76. The molecule has 0 aliphatic heterocycles. The van der Waals surface area contributed by atoms with Crippen LogP contribution in [0.15, 0.2) is 34.9 Å². The molecule has 4 nitrogen and oxygen atoms in total. The van der Waals surface area contributed by atoms with Crippen molar-refractivity contribution in [3.05, 3.63) is 41.2 Å². The monoisotopic (exact) mass is 299 g/mol. The van der Waals surface area contributed by atoms with Crippen molar-refractivity contribution in [2.24, 2.45) is 0 Å². The number of thioether (sulfide) groups is 1. The van der Waals surface area contributed by atoms with Crippen molar-refractivity contribution in [1.82, 2.24) is 4.98 Å². The Morgan fingerprint density at radius 1 is 1.42 bits per heavy atom. The maximum absolute atomic E-state index is 9.22. The van der Waals surface area contributed by atoms with Gasteiger partial charge in [-0.3, -0.25) is 0 Å². The zero-order valence-electron chi connectivity index (χ0n) is 10.1. The van der Waals surface area contributed by atoms with Gasteiger partial charge in [-0.05, 0) is 18.2 Å². The number of benzene rings is 1. The summed E-state index contributed by atoms with van der Waals surface area (Å²) in [6, 6.07) is 7.30. The lowest BCUT2D eigenvalue weighted by atomic mass is 10.2. The third kappa shape index (κ3) is 4.24. The van der Waals surface area contributed by atoms with Crippen LogP contribution < -0.4 is 0 Å². The molecule has 0 bridgehead atoms. The smallest absolute Gasteiger partial charge is 0.226 e. The fourth-order valence-corrected chi connectivity index (χ4v) is 2.51. The van der Waals surface area contributed by atoms with E-state index < -0.39 is 6.10 Å². The number of hydrogen-bond donors (Lipinski definition) is 2. The number of nitrogens with zero attached hydrogens (tertiary/aromatic N) is 1. The average Bonchev–Trinajstić information content (AvgIpc) is 2.87. The maximum atomic E-state index is 9.22. The van der Waals surface area contributed by atoms with Gasteiger partial charge in [0.05, 0.1) is 18.4 Å². The van der Waals surface area contributed by atoms with Gasteiger partial charge in [0.2, 0.25) is 5.89 Å². The van der Waals surface area contributed by atoms with Crippen LogP contribution in [-0.4, -0.2) is 33.7 Å². The van der Waals surface area contributed by atoms with Crippen LogP contribution in [0.3, 0.4) is 0 Å². The number of oxazole rings is 1. The summed E-state index contributed by atoms with van der Waals surface area (Å²) in [7, 11) is 0. The second-order valence-electron chi connectivity index (χ2n) is 4.01. The third-order valence-electron chi connectivity index (χ3n) is 2.39. The van der Waals surface area contributed by atoms with E-state index in [-0.39, 0.29) is 6.61 Å². The van der Waals surface area contributed by atoms with Crippen LogP contribution >= 0.6 is 23.4 Å². The largest absolute Gasteiger partial charge is 0.444 e. The number of aliphatic hydroxyl groups is 2. The number of aliphatic hydroxyl groups excluding tert-OH is 2. The Kier molecular flexibility index (Phi) is 5.27. The predicted molar refractivity (Wildman–Crippen MR) is 76.2 cm³/mol. The van der Waals surface area contributed by atoms with Crippen LogP contribution in [0.1, 0.15) is 5.69 Å². The number of hydrogen-bond acceptors (Lipinski definition) is 5. The molecule has 0 amide bonds. The molecule has 2 N–H and O–H groups in total. The lowest BCUT2D eigenvalue weighted by Gasteiger charge is -2.04. The molecule has 0 spiro atoms. The molecule has 1 aromatic carbocycles. The van der Waals surface area contributed by atoms with E-state index >= 15 is 0 Å². The molecular formula is C13H14ClNO3S. The minimum atomic E-state index is -0.690. The molecule has 0 radical (unpaired) electrons. The van der Waals surface area contributed by atoms with Crippen molar-refractivity contribution < 1.29 is 14.6 Å². The van der Waals surface area contributed by atoms with Gasteiger partial charge in [0.15, 0.2) is 0 Å². The molecule has 0 saturated heterocycles. The molecule has 1 unspecified atom stereocenters. The van der Waals surface area contributed by atoms with E-state index in [9.17, 15) is 5.11 Å². The zero-order chi connectivity index (χ0) is 13.7. The highest BCUT2D eigenvalue weighted by Gasteiger charge is 2.08. The molecule has 0 aliphatic rings. The van der Waals surface area contributed by atoms with Crippen molar-refractivity contribution in [1.29, 1.82) is 0 Å². The molecule has 19 heavy (non-hydrogen) atoms. The topological polar surface area (TPSA) is 66.5 Å². The molecule has 1 heterocycles. The summed E-state index contributed by atoms with van der Waals surface area (Å²) in [5.74, 6) is 1.62. The first-order valence-corrected chi connectivity index (χ1v) is 7.29. The predicted octanol–water partition coefficient (Wildman–Crippen LogP) is 2.58. The van der Waals surface area contributed by atoms with E-state index in [2.05, 4.69) is 4.98 Å². The molecular weight excluding hydrogens is 286 g/mol. The van der Waals surface area contributed by atoms with Gasteiger partial charge in [-0.15, -0.1) is 0 Å². The Bertz CT molecular complexity index is 532. The second-order valence-corrected chi connectivity index (χ2v) is 5.47. The highest BCUT2D eigenvalue weighted by atomic mass is 35.5. The van der Waals surface area contributed by atoms with Crippen LogP contribution in [-0.2, 0) is 5.75 Å². The lowest BCUT2D eigenvalue weighted by Crippen LogP contribution is -2.14. The van der Waals surface area contributed by atoms with E-state index in [0.717, 1.165) is 11.3 Å². The summed E-state index contributed by atoms with van der Waals surface area (Å²) in [5.41, 5.74) is 1.63. The fourth-order valence-electron chi connectivity index (χ4n) is 1.48. The van der Waals surface area contributed by atoms with Crippen molar-refractivity contribution in [3.63, 3.8) is 0 Å². The van der Waals surface area contributed by atoms with Crippen molar-refractivity contribution in [3.8, 4) is 11.5 Å². The van der Waals surface area contributed by atoms with Gasteiger partial charge < -0.3 is 14.6 Å². The molecule has 0 aliphatic carbocycles. The molecule has 0 fully saturated rings. The molecule has 102 valence electrons. The Labute approximate surface area is 120 Å². The van der Waals surface area contributed by atoms with Crippen LogP contribution in [0.5, 0.6) is 0 Å². The van der Waals surface area contributed by atoms with Crippen molar-refractivity contribution >= 4 is 23.4 Å². The molecule has 1 aromatic heterocycles. The Hall–Kier alpha value is -1.01. The van der Waals surface area contributed by atoms with Crippen LogP contribution in [0.2, 0.25) is 5.02 Å². The van der Waals surface area contributed by atoms with Crippen LogP contribution in [0.25, 0.3) is 11.5 Å². The third-order valence-corrected chi connectivity index (χ3v) is 3.75. The second kappa shape index (κ2) is 6.96. The summed E-state index contributed by atoms with van der Waals surface area (Å²) in [6.45, 7) is -0.223. The van der Waals surface area contributed by atoms with E-state index in [1.807, 2.05) is 12.1 Å². The van der Waals surface area contributed by atoms with E-state index in [1.165, 1.54) is 11.8 Å². The maximum Gasteiger partial charge on any atom is 0.226 e. The van der Waals surface area contributed by atoms with E-state index in [1.54, 1.807) is 18.4 Å². The van der Waals surface area contributed by atoms with Gasteiger partial charge >= 0.3 is 0 Å². The molecule has 0 saturated carbocycles. The van der Waals surface area contributed by atoms with Crippen LogP contribution in [0.4, 0.5) is 0 Å². The summed E-state index contributed by atoms with van der Waals surface area (Å²) >= 11 is 7.40. The highest BCUT2D eigenvalue weighted by Crippen LogP contribution is 2.23. The lowest BCUT2D eigenvalue weighted by molar-refractivity contribution is 0.113. The van der Waals surface area contributed by atoms with Gasteiger partial charge in [-0.1, -0.05) is 17.7 Å². The van der Waals surface area contributed by atoms with Gasteiger partial charge in [0.1, 0.15) is 6.26 Å². The molecule has 6 heteroatoms. The standard InChI is InChI=1S/C13H14ClNO3S/c14-10-3-1-2-9(4-10)13-15-11(6-18-13)7-19-8-12(17)5-16/h1-4,6,12,16-17H,5,7-8H2. The summed E-state index contributed by atoms with van der Waals surface area (Å²) in [6.07, 6.45) is 0.901. The highest BCUT2D eigenvalue weighted by molar-refractivity contribution is 7.98. The van der Waals surface area contributed by atoms with Crippen molar-refractivity contribution in [2.45, 2.75) is 11.9 Å². The Morgan fingerprint density at radius 2 is 2.26 bits per heavy atom. The SMILES string of the molecule is OCC(O)CSCc1coc(-c2cccc(Cl)c2)n1. The minimum absolute atomic E-state index is 0.223. The van der Waals surface area contributed by atoms with Gasteiger partial charge in [-0.25, -0.2) is 4.98 Å². The zero-order valence-corrected chi connectivity index (χ0v) is 11.7. The normalized spacial score (nSPS) is 12.6. The van der Waals surface area contributed by atoms with Crippen LogP contribution in [0, 0.1) is 0 Å². The Morgan fingerprint density at radius 3 is 3.00 bits per heavy atom. The molecule has 2 rings (SSSR count). The molecule has 1 atom stereocenters. The fraction of sp³-hybridized carbons (Fsp3) is 0.308. The minimum Gasteiger partial charge on any atom is -0.444 e. The first kappa shape index (κ1) is 14.4. The summed E-state index contributed by atoms with van der Waals surface area (Å²) < 4.78 is 5.39. The van der Waals surface area contributed by atoms with Crippen molar-refractivity contribution in [2.75, 3.05) is 12.4 Å². The summed E-state index contributed by atoms with van der Waals surface area (Å²) in [4.78, 5) is 4.35. The number of rotatable bonds is 6. The quantitative estimate of drug-likeness (QED) is 0.858. The number of aromatic nitrogens is 1. The molecule has 2 aromatic rings. The number of halogens is 1. The van der Waals surface area contributed by atoms with Gasteiger partial charge in [0.25, 0.3) is 0 Å². The Balaban J connectivity index is 1.95. The van der Waals surface area contributed by atoms with E-state index in [4.69, 9.17) is 21.1 Å². The van der Waals surface area contributed by atoms with Gasteiger partial charge in [-0.2, -0.15) is 11.8 Å². The first-order chi connectivity index (χ1) is 9.19. The van der Waals surface area contributed by atoms with Gasteiger partial charge in [0, 0.05) is 22.1 Å².